The summed E-state index contributed by atoms with van der Waals surface area (Å²) >= 11 is 1.38. The number of ether oxygens (including phenoxy) is 2. The Kier molecular flexibility index (Phi) is 4.80. The Morgan fingerprint density at radius 1 is 1.13 bits per heavy atom. The van der Waals surface area contributed by atoms with Gasteiger partial charge in [-0.1, -0.05) is 29.5 Å². The molecule has 0 fully saturated rings. The maximum absolute atomic E-state index is 13.0. The summed E-state index contributed by atoms with van der Waals surface area (Å²) in [4.78, 5) is 36.6. The molecule has 0 saturated carbocycles. The Hall–Kier alpha value is -3.46. The third kappa shape index (κ3) is 3.59. The zero-order valence-electron chi connectivity index (χ0n) is 15.9. The smallest absolute Gasteiger partial charge is 0.276 e. The second-order valence-corrected chi connectivity index (χ2v) is 8.02. The fourth-order valence-electron chi connectivity index (χ4n) is 3.44. The quantitative estimate of drug-likeness (QED) is 0.697. The summed E-state index contributed by atoms with van der Waals surface area (Å²) in [5.74, 6) is 0.819. The van der Waals surface area contributed by atoms with Crippen molar-refractivity contribution >= 4 is 28.3 Å². The first-order valence-corrected chi connectivity index (χ1v) is 10.4. The molecule has 0 unspecified atom stereocenters. The van der Waals surface area contributed by atoms with E-state index in [-0.39, 0.29) is 18.4 Å². The minimum atomic E-state index is -0.669. The number of hydrogen-bond donors (Lipinski definition) is 1. The summed E-state index contributed by atoms with van der Waals surface area (Å²) in [5.41, 5.74) is 1.24. The average molecular weight is 422 g/mol. The van der Waals surface area contributed by atoms with Gasteiger partial charge < -0.3 is 14.4 Å². The van der Waals surface area contributed by atoms with Crippen LogP contribution in [0.2, 0.25) is 0 Å². The predicted molar refractivity (Wildman–Crippen MR) is 110 cm³/mol. The molecule has 8 nitrogen and oxygen atoms in total. The summed E-state index contributed by atoms with van der Waals surface area (Å²) < 4.78 is 11.5. The third-order valence-corrected chi connectivity index (χ3v) is 5.94. The van der Waals surface area contributed by atoms with Crippen molar-refractivity contribution in [3.05, 3.63) is 64.9 Å². The minimum Gasteiger partial charge on any atom is -0.485 e. The fraction of sp³-hybridized carbons (Fsp3) is 0.238. The summed E-state index contributed by atoms with van der Waals surface area (Å²) in [6.45, 7) is 1.17. The Balaban J connectivity index is 1.25. The minimum absolute atomic E-state index is 0.109. The van der Waals surface area contributed by atoms with Gasteiger partial charge in [-0.15, -0.1) is 0 Å². The van der Waals surface area contributed by atoms with Crippen LogP contribution in [0.1, 0.15) is 21.1 Å². The zero-order valence-corrected chi connectivity index (χ0v) is 16.7. The molecule has 4 heterocycles. The Bertz CT molecular complexity index is 1100. The molecule has 2 amide bonds. The van der Waals surface area contributed by atoms with Crippen molar-refractivity contribution in [2.45, 2.75) is 19.1 Å². The zero-order chi connectivity index (χ0) is 20.5. The first-order chi connectivity index (χ1) is 14.7. The normalized spacial score (nSPS) is 17.2. The van der Waals surface area contributed by atoms with E-state index in [1.807, 2.05) is 18.2 Å². The van der Waals surface area contributed by atoms with Crippen LogP contribution in [-0.2, 0) is 17.8 Å². The van der Waals surface area contributed by atoms with Gasteiger partial charge in [-0.3, -0.25) is 19.9 Å². The maximum atomic E-state index is 13.0. The Morgan fingerprint density at radius 2 is 1.97 bits per heavy atom. The molecule has 5 rings (SSSR count). The number of amides is 2. The molecule has 0 aliphatic carbocycles. The fourth-order valence-corrected chi connectivity index (χ4v) is 4.46. The van der Waals surface area contributed by atoms with E-state index in [2.05, 4.69) is 15.3 Å². The molecule has 0 saturated heterocycles. The average Bonchev–Trinajstić information content (AvgIpc) is 3.20. The van der Waals surface area contributed by atoms with Gasteiger partial charge in [0.05, 0.1) is 12.2 Å². The molecule has 0 bridgehead atoms. The predicted octanol–water partition coefficient (Wildman–Crippen LogP) is 2.52. The highest BCUT2D eigenvalue weighted by Gasteiger charge is 2.33. The van der Waals surface area contributed by atoms with E-state index in [0.29, 0.717) is 41.8 Å². The molecule has 1 N–H and O–H groups in total. The number of thiazole rings is 1. The first kappa shape index (κ1) is 18.6. The summed E-state index contributed by atoms with van der Waals surface area (Å²) in [6, 6.07) is 12.5. The largest absolute Gasteiger partial charge is 0.485 e. The van der Waals surface area contributed by atoms with Crippen molar-refractivity contribution < 1.29 is 19.1 Å². The SMILES string of the molecule is O=C(Nc1nc2c(s1)CN(C(=O)[C@@H]1COc3ccccc3O1)CC2)c1ccccn1. The molecule has 2 aromatic heterocycles. The second kappa shape index (κ2) is 7.75. The van der Waals surface area contributed by atoms with E-state index in [1.165, 1.54) is 11.3 Å². The molecule has 0 spiro atoms. The molecule has 152 valence electrons. The lowest BCUT2D eigenvalue weighted by Gasteiger charge is -2.32. The number of rotatable bonds is 3. The van der Waals surface area contributed by atoms with Gasteiger partial charge in [-0.2, -0.15) is 0 Å². The van der Waals surface area contributed by atoms with E-state index in [4.69, 9.17) is 9.47 Å². The lowest BCUT2D eigenvalue weighted by molar-refractivity contribution is -0.142. The molecule has 3 aromatic rings. The summed E-state index contributed by atoms with van der Waals surface area (Å²) in [7, 11) is 0. The molecule has 2 aliphatic rings. The van der Waals surface area contributed by atoms with Crippen LogP contribution in [0, 0.1) is 0 Å². The van der Waals surface area contributed by atoms with E-state index >= 15 is 0 Å². The number of carbonyl (C=O) groups is 2. The highest BCUT2D eigenvalue weighted by atomic mass is 32.1. The maximum Gasteiger partial charge on any atom is 0.276 e. The van der Waals surface area contributed by atoms with Gasteiger partial charge in [0.15, 0.2) is 16.6 Å². The number of anilines is 1. The van der Waals surface area contributed by atoms with Crippen LogP contribution in [-0.4, -0.2) is 45.9 Å². The standard InChI is InChI=1S/C21H18N4O4S/c26-19(14-5-3-4-9-22-14)24-21-23-13-8-10-25(11-18(13)30-21)20(27)17-12-28-15-6-1-2-7-16(15)29-17/h1-7,9,17H,8,10-12H2,(H,23,24,26)/t17-/m0/s1. The lowest BCUT2D eigenvalue weighted by Crippen LogP contribution is -2.47. The highest BCUT2D eigenvalue weighted by molar-refractivity contribution is 7.15. The van der Waals surface area contributed by atoms with Gasteiger partial charge in [0.1, 0.15) is 12.3 Å². The van der Waals surface area contributed by atoms with Crippen molar-refractivity contribution in [1.29, 1.82) is 0 Å². The van der Waals surface area contributed by atoms with E-state index in [9.17, 15) is 9.59 Å². The second-order valence-electron chi connectivity index (χ2n) is 6.93. The Morgan fingerprint density at radius 3 is 2.80 bits per heavy atom. The summed E-state index contributed by atoms with van der Waals surface area (Å²) in [6.07, 6.45) is 1.53. The van der Waals surface area contributed by atoms with Crippen LogP contribution >= 0.6 is 11.3 Å². The Labute approximate surface area is 176 Å². The van der Waals surface area contributed by atoms with Crippen LogP contribution in [0.25, 0.3) is 0 Å². The number of carbonyl (C=O) groups excluding carboxylic acids is 2. The molecule has 1 aromatic carbocycles. The highest BCUT2D eigenvalue weighted by Crippen LogP contribution is 2.33. The number of hydrogen-bond acceptors (Lipinski definition) is 7. The number of nitrogens with zero attached hydrogens (tertiary/aromatic N) is 3. The molecular formula is C21H18N4O4S. The number of benzene rings is 1. The topological polar surface area (TPSA) is 93.7 Å². The van der Waals surface area contributed by atoms with Crippen LogP contribution in [0.5, 0.6) is 11.5 Å². The van der Waals surface area contributed by atoms with Crippen molar-refractivity contribution in [2.24, 2.45) is 0 Å². The van der Waals surface area contributed by atoms with Crippen LogP contribution in [0.4, 0.5) is 5.13 Å². The molecule has 1 atom stereocenters. The van der Waals surface area contributed by atoms with Crippen molar-refractivity contribution in [2.75, 3.05) is 18.5 Å². The number of para-hydroxylation sites is 2. The van der Waals surface area contributed by atoms with Gasteiger partial charge in [0.25, 0.3) is 11.8 Å². The molecule has 30 heavy (non-hydrogen) atoms. The number of pyridine rings is 1. The van der Waals surface area contributed by atoms with Gasteiger partial charge in [0, 0.05) is 24.0 Å². The number of fused-ring (bicyclic) bond motifs is 2. The number of nitrogens with one attached hydrogen (secondary N) is 1. The third-order valence-electron chi connectivity index (χ3n) is 4.94. The molecule has 0 radical (unpaired) electrons. The van der Waals surface area contributed by atoms with Crippen molar-refractivity contribution in [3.8, 4) is 11.5 Å². The molecule has 2 aliphatic heterocycles. The number of aromatic nitrogens is 2. The van der Waals surface area contributed by atoms with Gasteiger partial charge in [-0.05, 0) is 24.3 Å². The van der Waals surface area contributed by atoms with Crippen molar-refractivity contribution in [1.82, 2.24) is 14.9 Å². The van der Waals surface area contributed by atoms with Crippen LogP contribution in [0.15, 0.2) is 48.7 Å². The van der Waals surface area contributed by atoms with Gasteiger partial charge in [0.2, 0.25) is 6.10 Å². The first-order valence-electron chi connectivity index (χ1n) is 9.55. The van der Waals surface area contributed by atoms with E-state index < -0.39 is 6.10 Å². The lowest BCUT2D eigenvalue weighted by atomic mass is 10.1. The van der Waals surface area contributed by atoms with Gasteiger partial charge in [-0.25, -0.2) is 4.98 Å². The molecular weight excluding hydrogens is 404 g/mol. The van der Waals surface area contributed by atoms with Crippen LogP contribution < -0.4 is 14.8 Å². The summed E-state index contributed by atoms with van der Waals surface area (Å²) in [5, 5.41) is 3.30. The monoisotopic (exact) mass is 422 g/mol. The molecule has 9 heteroatoms. The van der Waals surface area contributed by atoms with Crippen molar-refractivity contribution in [3.63, 3.8) is 0 Å². The van der Waals surface area contributed by atoms with E-state index in [1.54, 1.807) is 35.4 Å². The van der Waals surface area contributed by atoms with Crippen LogP contribution in [0.3, 0.4) is 0 Å². The van der Waals surface area contributed by atoms with Gasteiger partial charge >= 0.3 is 0 Å². The van der Waals surface area contributed by atoms with E-state index in [0.717, 1.165) is 10.6 Å².